The third-order valence-corrected chi connectivity index (χ3v) is 2.95. The van der Waals surface area contributed by atoms with E-state index >= 15 is 0 Å². The molecule has 5 nitrogen and oxygen atoms in total. The fourth-order valence-electron chi connectivity index (χ4n) is 1.69. The van der Waals surface area contributed by atoms with E-state index in [0.29, 0.717) is 11.4 Å². The number of carboxylic acids is 1. The maximum Gasteiger partial charge on any atom is 0.326 e. The minimum atomic E-state index is -0.892. The van der Waals surface area contributed by atoms with Crippen LogP contribution in [-0.4, -0.2) is 29.3 Å². The summed E-state index contributed by atoms with van der Waals surface area (Å²) in [5, 5.41) is 13.8. The second-order valence-electron chi connectivity index (χ2n) is 4.08. The molecule has 0 fully saturated rings. The highest BCUT2D eigenvalue weighted by Crippen LogP contribution is 2.28. The minimum Gasteiger partial charge on any atom is -0.480 e. The molecule has 1 aromatic heterocycles. The van der Waals surface area contributed by atoms with Gasteiger partial charge in [0.25, 0.3) is 0 Å². The van der Waals surface area contributed by atoms with Gasteiger partial charge in [-0.2, -0.15) is 0 Å². The molecule has 0 spiro atoms. The van der Waals surface area contributed by atoms with Gasteiger partial charge in [-0.25, -0.2) is 4.79 Å². The highest BCUT2D eigenvalue weighted by molar-refractivity contribution is 5.92. The van der Waals surface area contributed by atoms with Gasteiger partial charge in [0, 0.05) is 7.05 Å². The summed E-state index contributed by atoms with van der Waals surface area (Å²) in [6, 6.07) is 5.05. The van der Waals surface area contributed by atoms with Gasteiger partial charge in [-0.3, -0.25) is 0 Å². The summed E-state index contributed by atoms with van der Waals surface area (Å²) in [4.78, 5) is 12.5. The Morgan fingerprint density at radius 3 is 2.88 bits per heavy atom. The topological polar surface area (TPSA) is 66.6 Å². The number of carboxylic acid groups (broad SMARTS) is 1. The number of aromatic nitrogens is 1. The molecule has 0 saturated carbocycles. The van der Waals surface area contributed by atoms with Gasteiger partial charge < -0.3 is 14.5 Å². The van der Waals surface area contributed by atoms with Crippen molar-refractivity contribution in [2.75, 3.05) is 11.9 Å². The number of rotatable bonds is 3. The molecule has 0 saturated heterocycles. The highest BCUT2D eigenvalue weighted by Gasteiger charge is 2.22. The van der Waals surface area contributed by atoms with Crippen molar-refractivity contribution in [1.82, 2.24) is 5.16 Å². The second kappa shape index (κ2) is 4.08. The summed E-state index contributed by atoms with van der Waals surface area (Å²) in [6.07, 6.45) is 0. The lowest BCUT2D eigenvalue weighted by molar-refractivity contribution is -0.138. The van der Waals surface area contributed by atoms with Gasteiger partial charge >= 0.3 is 5.97 Å². The minimum absolute atomic E-state index is 0.554. The molecule has 90 valence electrons. The van der Waals surface area contributed by atoms with E-state index in [1.165, 1.54) is 0 Å². The van der Waals surface area contributed by atoms with Crippen molar-refractivity contribution in [1.29, 1.82) is 0 Å². The number of likely N-dealkylation sites (N-methyl/N-ethyl adjacent to an activating group) is 1. The zero-order valence-electron chi connectivity index (χ0n) is 9.97. The summed E-state index contributed by atoms with van der Waals surface area (Å²) in [5.41, 5.74) is 1.68. The molecular weight excluding hydrogens is 220 g/mol. The quantitative estimate of drug-likeness (QED) is 0.880. The predicted octanol–water partition coefficient (Wildman–Crippen LogP) is 2.05. The molecular formula is C12H14N2O3. The molecule has 1 heterocycles. The zero-order valence-corrected chi connectivity index (χ0v) is 9.97. The maximum atomic E-state index is 10.9. The zero-order chi connectivity index (χ0) is 12.6. The van der Waals surface area contributed by atoms with Crippen molar-refractivity contribution >= 4 is 22.8 Å². The standard InChI is InChI=1S/C12H14N2O3/c1-7-5-4-6-9-10(7)17-13-11(9)14(3)8(2)12(15)16/h4-6,8H,1-3H3,(H,15,16). The summed E-state index contributed by atoms with van der Waals surface area (Å²) >= 11 is 0. The largest absolute Gasteiger partial charge is 0.480 e. The van der Waals surface area contributed by atoms with E-state index in [-0.39, 0.29) is 0 Å². The van der Waals surface area contributed by atoms with Crippen molar-refractivity contribution < 1.29 is 14.4 Å². The number of anilines is 1. The van der Waals surface area contributed by atoms with Crippen LogP contribution in [0.2, 0.25) is 0 Å². The number of hydrogen-bond donors (Lipinski definition) is 1. The Labute approximate surface area is 98.6 Å². The normalized spacial score (nSPS) is 12.6. The van der Waals surface area contributed by atoms with Crippen LogP contribution in [0.4, 0.5) is 5.82 Å². The van der Waals surface area contributed by atoms with Crippen LogP contribution in [-0.2, 0) is 4.79 Å². The molecule has 2 aromatic rings. The number of aliphatic carboxylic acids is 1. The third kappa shape index (κ3) is 1.84. The molecule has 0 aliphatic heterocycles. The van der Waals surface area contributed by atoms with Gasteiger partial charge in [-0.05, 0) is 25.5 Å². The van der Waals surface area contributed by atoms with Crippen LogP contribution in [0.5, 0.6) is 0 Å². The van der Waals surface area contributed by atoms with Crippen molar-refractivity contribution in [2.45, 2.75) is 19.9 Å². The lowest BCUT2D eigenvalue weighted by Crippen LogP contribution is -2.36. The molecule has 2 rings (SSSR count). The Kier molecular flexibility index (Phi) is 2.75. The smallest absolute Gasteiger partial charge is 0.326 e. The van der Waals surface area contributed by atoms with Crippen LogP contribution in [0.15, 0.2) is 22.7 Å². The number of hydrogen-bond acceptors (Lipinski definition) is 4. The summed E-state index contributed by atoms with van der Waals surface area (Å²) in [7, 11) is 1.69. The highest BCUT2D eigenvalue weighted by atomic mass is 16.5. The fourth-order valence-corrected chi connectivity index (χ4v) is 1.69. The third-order valence-electron chi connectivity index (χ3n) is 2.95. The maximum absolute atomic E-state index is 10.9. The van der Waals surface area contributed by atoms with Crippen LogP contribution >= 0.6 is 0 Å². The van der Waals surface area contributed by atoms with Crippen molar-refractivity contribution in [3.8, 4) is 0 Å². The Bertz CT molecular complexity index is 562. The van der Waals surface area contributed by atoms with Crippen LogP contribution < -0.4 is 4.90 Å². The SMILES string of the molecule is Cc1cccc2c(N(C)C(C)C(=O)O)noc12. The Hall–Kier alpha value is -2.04. The number of nitrogens with zero attached hydrogens (tertiary/aromatic N) is 2. The first kappa shape index (κ1) is 11.4. The number of carbonyl (C=O) groups is 1. The molecule has 17 heavy (non-hydrogen) atoms. The molecule has 0 radical (unpaired) electrons. The van der Waals surface area contributed by atoms with E-state index < -0.39 is 12.0 Å². The van der Waals surface area contributed by atoms with E-state index in [0.717, 1.165) is 10.9 Å². The Morgan fingerprint density at radius 2 is 2.24 bits per heavy atom. The monoisotopic (exact) mass is 234 g/mol. The van der Waals surface area contributed by atoms with Crippen LogP contribution in [0.3, 0.4) is 0 Å². The average molecular weight is 234 g/mol. The van der Waals surface area contributed by atoms with E-state index in [2.05, 4.69) is 5.16 Å². The van der Waals surface area contributed by atoms with Gasteiger partial charge in [0.05, 0.1) is 5.39 Å². The first-order chi connectivity index (χ1) is 8.02. The summed E-state index contributed by atoms with van der Waals surface area (Å²) in [6.45, 7) is 3.54. The van der Waals surface area contributed by atoms with Crippen LogP contribution in [0, 0.1) is 6.92 Å². The number of aryl methyl sites for hydroxylation is 1. The summed E-state index contributed by atoms with van der Waals surface area (Å²) in [5.74, 6) is -0.338. The first-order valence-electron chi connectivity index (χ1n) is 5.33. The number of fused-ring (bicyclic) bond motifs is 1. The van der Waals surface area contributed by atoms with E-state index in [1.54, 1.807) is 18.9 Å². The van der Waals surface area contributed by atoms with Gasteiger partial charge in [-0.15, -0.1) is 0 Å². The Balaban J connectivity index is 2.50. The number of para-hydroxylation sites is 1. The van der Waals surface area contributed by atoms with E-state index in [9.17, 15) is 4.79 Å². The molecule has 1 aromatic carbocycles. The van der Waals surface area contributed by atoms with Crippen molar-refractivity contribution in [3.63, 3.8) is 0 Å². The van der Waals surface area contributed by atoms with Crippen molar-refractivity contribution in [2.24, 2.45) is 0 Å². The molecule has 0 aliphatic carbocycles. The lowest BCUT2D eigenvalue weighted by atomic mass is 10.1. The molecule has 1 unspecified atom stereocenters. The molecule has 0 bridgehead atoms. The Morgan fingerprint density at radius 1 is 1.53 bits per heavy atom. The predicted molar refractivity (Wildman–Crippen MR) is 64.2 cm³/mol. The van der Waals surface area contributed by atoms with E-state index in [1.807, 2.05) is 25.1 Å². The molecule has 0 amide bonds. The van der Waals surface area contributed by atoms with Crippen LogP contribution in [0.25, 0.3) is 11.0 Å². The summed E-state index contributed by atoms with van der Waals surface area (Å²) < 4.78 is 5.25. The van der Waals surface area contributed by atoms with E-state index in [4.69, 9.17) is 9.63 Å². The van der Waals surface area contributed by atoms with Gasteiger partial charge in [0.1, 0.15) is 6.04 Å². The molecule has 0 aliphatic rings. The van der Waals surface area contributed by atoms with Gasteiger partial charge in [0.2, 0.25) is 0 Å². The fraction of sp³-hybridized carbons (Fsp3) is 0.333. The first-order valence-corrected chi connectivity index (χ1v) is 5.33. The van der Waals surface area contributed by atoms with Gasteiger partial charge in [-0.1, -0.05) is 17.3 Å². The second-order valence-corrected chi connectivity index (χ2v) is 4.08. The lowest BCUT2D eigenvalue weighted by Gasteiger charge is -2.20. The van der Waals surface area contributed by atoms with Crippen LogP contribution in [0.1, 0.15) is 12.5 Å². The van der Waals surface area contributed by atoms with Gasteiger partial charge in [0.15, 0.2) is 11.4 Å². The molecule has 1 N–H and O–H groups in total. The molecule has 5 heteroatoms. The number of benzene rings is 1. The van der Waals surface area contributed by atoms with Crippen molar-refractivity contribution in [3.05, 3.63) is 23.8 Å². The molecule has 1 atom stereocenters. The average Bonchev–Trinajstić information content (AvgIpc) is 2.72.